The third kappa shape index (κ3) is 20.9. The highest BCUT2D eigenvalue weighted by Crippen LogP contribution is 2.45. The fourth-order valence-electron chi connectivity index (χ4n) is 16.8. The van der Waals surface area contributed by atoms with Crippen molar-refractivity contribution in [3.05, 3.63) is 198 Å². The topological polar surface area (TPSA) is 232 Å². The predicted octanol–water partition coefficient (Wildman–Crippen LogP) is 18.1. The van der Waals surface area contributed by atoms with E-state index in [0.29, 0.717) is 68.9 Å². The molecular weight excluding hydrogens is 1510 g/mol. The molecule has 0 radical (unpaired) electrons. The van der Waals surface area contributed by atoms with E-state index >= 15 is 0 Å². The summed E-state index contributed by atoms with van der Waals surface area (Å²) in [5, 5.41) is 0. The van der Waals surface area contributed by atoms with Gasteiger partial charge in [-0.3, -0.25) is 24.0 Å². The van der Waals surface area contributed by atoms with Crippen molar-refractivity contribution < 1.29 is 70.3 Å². The molecule has 0 bridgehead atoms. The van der Waals surface area contributed by atoms with E-state index in [1.54, 1.807) is 110 Å². The molecule has 4 saturated heterocycles. The molecule has 0 spiro atoms. The summed E-state index contributed by atoms with van der Waals surface area (Å²) in [5.41, 5.74) is 13.6. The lowest BCUT2D eigenvalue weighted by Crippen LogP contribution is -2.24. The van der Waals surface area contributed by atoms with Gasteiger partial charge in [0.15, 0.2) is 55.8 Å². The van der Waals surface area contributed by atoms with Gasteiger partial charge in [0.25, 0.3) is 0 Å². The number of anilines is 4. The zero-order chi connectivity index (χ0) is 80.7. The van der Waals surface area contributed by atoms with Gasteiger partial charge in [0, 0.05) is 120 Å². The molecule has 8 aromatic carbocycles. The maximum atomic E-state index is 12.7. The normalized spacial score (nSPS) is 19.9. The highest BCUT2D eigenvalue weighted by Gasteiger charge is 2.38. The first-order chi connectivity index (χ1) is 55.7. The largest absolute Gasteiger partial charge is 0.493 e. The van der Waals surface area contributed by atoms with Gasteiger partial charge in [0.1, 0.15) is 0 Å². The third-order valence-electron chi connectivity index (χ3n) is 23.3. The summed E-state index contributed by atoms with van der Waals surface area (Å²) in [5.74, 6) is 6.52. The summed E-state index contributed by atoms with van der Waals surface area (Å²) in [7, 11) is 3.37. The Hall–Kier alpha value is -9.84. The van der Waals surface area contributed by atoms with Gasteiger partial charge >= 0.3 is 0 Å². The van der Waals surface area contributed by atoms with Crippen molar-refractivity contribution >= 4 is 85.6 Å². The Kier molecular flexibility index (Phi) is 28.0. The van der Waals surface area contributed by atoms with Crippen molar-refractivity contribution in [2.45, 2.75) is 191 Å². The van der Waals surface area contributed by atoms with Crippen LogP contribution in [0.3, 0.4) is 0 Å². The van der Waals surface area contributed by atoms with Gasteiger partial charge in [-0.1, -0.05) is 30.3 Å². The van der Waals surface area contributed by atoms with Crippen LogP contribution in [-0.4, -0.2) is 136 Å². The Morgan fingerprint density at radius 2 is 0.643 bits per heavy atom. The van der Waals surface area contributed by atoms with Crippen LogP contribution in [0.15, 0.2) is 185 Å². The number of amides is 5. The van der Waals surface area contributed by atoms with E-state index in [-0.39, 0.29) is 76.6 Å². The molecule has 4 saturated carbocycles. The van der Waals surface area contributed by atoms with Crippen LogP contribution in [0.25, 0.3) is 0 Å². The van der Waals surface area contributed by atoms with Crippen LogP contribution in [0.4, 0.5) is 22.7 Å². The summed E-state index contributed by atoms with van der Waals surface area (Å²) >= 11 is 3.40. The number of carbonyl (C=O) groups is 5. The smallest absolute Gasteiger partial charge is 0.248 e. The van der Waals surface area contributed by atoms with Crippen molar-refractivity contribution in [2.24, 2.45) is 5.73 Å². The molecule has 23 heteroatoms. The van der Waals surface area contributed by atoms with Crippen LogP contribution in [-0.2, 0) is 29.0 Å². The van der Waals surface area contributed by atoms with Gasteiger partial charge in [-0.15, -0.1) is 23.5 Å². The monoisotopic (exact) mass is 1620 g/mol. The molecule has 5 amide bonds. The van der Waals surface area contributed by atoms with Crippen molar-refractivity contribution in [1.29, 1.82) is 0 Å². The van der Waals surface area contributed by atoms with E-state index in [4.69, 9.17) is 43.6 Å². The summed E-state index contributed by atoms with van der Waals surface area (Å²) in [6.07, 6.45) is 26.6. The predicted molar refractivity (Wildman–Crippen MR) is 453 cm³/mol. The lowest BCUT2D eigenvalue weighted by molar-refractivity contribution is -0.118. The fraction of sp³-hybridized carbons (Fsp3) is 0.424. The Morgan fingerprint density at radius 1 is 0.357 bits per heavy atom. The van der Waals surface area contributed by atoms with Gasteiger partial charge in [-0.25, -0.2) is 8.42 Å². The molecule has 8 fully saturated rings. The number of benzene rings is 8. The molecule has 2 N–H and O–H groups in total. The summed E-state index contributed by atoms with van der Waals surface area (Å²) < 4.78 is 70.2. The molecule has 115 heavy (non-hydrogen) atoms. The van der Waals surface area contributed by atoms with E-state index in [9.17, 15) is 32.4 Å². The number of rotatable bonds is 24. The van der Waals surface area contributed by atoms with Gasteiger partial charge < -0.3 is 63.2 Å². The van der Waals surface area contributed by atoms with Crippen LogP contribution in [0, 0.1) is 0 Å². The number of ether oxygens (including phenoxy) is 8. The van der Waals surface area contributed by atoms with Crippen LogP contribution < -0.4 is 63.2 Å². The third-order valence-corrected chi connectivity index (χ3v) is 25.9. The molecule has 4 aliphatic carbocycles. The van der Waals surface area contributed by atoms with Crippen LogP contribution in [0.1, 0.15) is 185 Å². The minimum Gasteiger partial charge on any atom is -0.493 e. The first-order valence-electron chi connectivity index (χ1n) is 40.3. The summed E-state index contributed by atoms with van der Waals surface area (Å²) in [6.45, 7) is 2.54. The minimum atomic E-state index is -3.26. The molecular formula is C92H107N5O15S3. The number of thioether (sulfide) groups is 2. The van der Waals surface area contributed by atoms with Crippen LogP contribution >= 0.6 is 23.5 Å². The SMILES string of the molecule is COc1ccc([C@@H]2CC(=O)N(c3ccc(C(N)=O)cc3)C2)cc1OC1CCCC1.COc1ccc([C@@H]2CC(=O)N(c3ccc(S(C)(=O)=O)cc3)C2)cc1OC1CCCC1.COc1ccc([C@@H]2CC(=O)N(c3ccc(SC)cc3)C2)cc1OC1CCCC1.COc1ccc([C@@H]2CC(=O)N(c3cccc(SC)c3)C2)cc1OC1CCCC1. The maximum absolute atomic E-state index is 12.7. The molecule has 8 aromatic rings. The average molecular weight is 1620 g/mol. The number of methoxy groups -OCH3 is 4. The second-order valence-corrected chi connectivity index (χ2v) is 34.7. The molecule has 4 atom stereocenters. The standard InChI is InChI=1S/C23H26N2O4.C23H27NO5S.2C23H27NO3S/c1-28-20-11-8-16(12-21(20)29-19-4-2-3-5-19)17-13-22(26)25(14-17)18-9-6-15(7-10-18)23(24)27;1-28-21-12-7-16(13-22(21)29-19-5-3-4-6-19)17-14-23(25)24(15-17)18-8-10-20(11-9-18)30(2,26)27;1-26-21-11-10-16(12-22(21)27-19-7-3-4-8-19)17-13-23(25)24(15-17)18-6-5-9-20(14-18)28-2;1-26-21-12-7-16(13-22(21)27-19-5-3-4-6-19)17-14-23(25)24(15-17)18-8-10-20(28-2)11-9-18/h6-12,17,19H,2-5,13-14H2,1H3,(H2,24,27);7-13,17,19H,3-6,14-15H2,1-2H3;5-6,9-12,14,17,19H,3-4,7-8,13,15H2,1-2H3;7-13,17,19H,3-6,14-15H2,1-2H3/t4*17-/m1111/s1. The van der Waals surface area contributed by atoms with Crippen molar-refractivity contribution in [3.63, 3.8) is 0 Å². The minimum absolute atomic E-state index is 0.0289. The van der Waals surface area contributed by atoms with Crippen LogP contribution in [0.5, 0.6) is 46.0 Å². The fourth-order valence-corrected chi connectivity index (χ4v) is 18.3. The van der Waals surface area contributed by atoms with Gasteiger partial charge in [-0.2, -0.15) is 0 Å². The number of hydrogen-bond acceptors (Lipinski definition) is 17. The van der Waals surface area contributed by atoms with E-state index in [0.717, 1.165) is 131 Å². The number of sulfone groups is 1. The molecule has 0 aromatic heterocycles. The van der Waals surface area contributed by atoms with Crippen molar-refractivity contribution in [1.82, 2.24) is 0 Å². The van der Waals surface area contributed by atoms with E-state index < -0.39 is 15.7 Å². The summed E-state index contributed by atoms with van der Waals surface area (Å²) in [4.78, 5) is 71.9. The molecule has 16 rings (SSSR count). The molecule has 4 aliphatic heterocycles. The Morgan fingerprint density at radius 3 is 0.922 bits per heavy atom. The Labute approximate surface area is 685 Å². The molecule has 608 valence electrons. The number of primary amides is 1. The molecule has 0 unspecified atom stereocenters. The number of nitrogens with two attached hydrogens (primary N) is 1. The zero-order valence-electron chi connectivity index (χ0n) is 67.0. The summed E-state index contributed by atoms with van der Waals surface area (Å²) in [6, 6.07) is 53.8. The van der Waals surface area contributed by atoms with Crippen LogP contribution in [0.2, 0.25) is 0 Å². The molecule has 20 nitrogen and oxygen atoms in total. The lowest BCUT2D eigenvalue weighted by Gasteiger charge is -2.19. The van der Waals surface area contributed by atoms with E-state index in [1.807, 2.05) is 82.6 Å². The Balaban J connectivity index is 0.000000134. The highest BCUT2D eigenvalue weighted by atomic mass is 32.2. The highest BCUT2D eigenvalue weighted by molar-refractivity contribution is 7.98. The van der Waals surface area contributed by atoms with Gasteiger partial charge in [0.05, 0.1) is 57.8 Å². The van der Waals surface area contributed by atoms with Crippen molar-refractivity contribution in [3.8, 4) is 46.0 Å². The number of carbonyl (C=O) groups excluding carboxylic acids is 5. The quantitative estimate of drug-likeness (QED) is 0.0554. The first kappa shape index (κ1) is 83.1. The second kappa shape index (κ2) is 38.7. The van der Waals surface area contributed by atoms with Gasteiger partial charge in [-0.05, 0) is 277 Å². The van der Waals surface area contributed by atoms with Gasteiger partial charge in [0.2, 0.25) is 29.5 Å². The second-order valence-electron chi connectivity index (χ2n) is 30.9. The zero-order valence-corrected chi connectivity index (χ0v) is 69.4. The van der Waals surface area contributed by atoms with E-state index in [2.05, 4.69) is 61.0 Å². The average Bonchev–Trinajstić information content (AvgIpc) is 1.71. The van der Waals surface area contributed by atoms with Crippen molar-refractivity contribution in [2.75, 3.05) is 93.0 Å². The number of hydrogen-bond donors (Lipinski definition) is 1. The first-order valence-corrected chi connectivity index (χ1v) is 44.7. The van der Waals surface area contributed by atoms with E-state index in [1.165, 1.54) is 67.4 Å². The Bertz CT molecular complexity index is 4810. The molecule has 8 aliphatic rings. The molecule has 4 heterocycles. The maximum Gasteiger partial charge on any atom is 0.248 e. The lowest BCUT2D eigenvalue weighted by atomic mass is 9.98. The number of nitrogens with zero attached hydrogens (tertiary/aromatic N) is 4.